The first-order valence-electron chi connectivity index (χ1n) is 16.7. The van der Waals surface area contributed by atoms with Gasteiger partial charge in [-0.25, -0.2) is 18.2 Å². The molecule has 49 heavy (non-hydrogen) atoms. The number of rotatable bonds is 15. The highest BCUT2D eigenvalue weighted by Gasteiger charge is 2.40. The topological polar surface area (TPSA) is 136 Å². The van der Waals surface area contributed by atoms with Crippen LogP contribution in [-0.4, -0.2) is 93.9 Å². The van der Waals surface area contributed by atoms with Crippen molar-refractivity contribution in [3.63, 3.8) is 0 Å². The number of amides is 3. The third-order valence-electron chi connectivity index (χ3n) is 8.69. The van der Waals surface area contributed by atoms with Gasteiger partial charge in [-0.2, -0.15) is 4.31 Å². The molecule has 1 aliphatic heterocycles. The maximum atomic E-state index is 14.2. The number of hydrogen-bond donors (Lipinski definition) is 2. The average molecular weight is 707 g/mol. The number of aryl methyl sites for hydroxylation is 1. The number of aliphatic hydroxyl groups excluding tert-OH is 1. The van der Waals surface area contributed by atoms with Crippen molar-refractivity contribution in [3.8, 4) is 0 Å². The number of urea groups is 1. The summed E-state index contributed by atoms with van der Waals surface area (Å²) < 4.78 is 29.8. The molecule has 13 heteroatoms. The van der Waals surface area contributed by atoms with Crippen LogP contribution in [0.15, 0.2) is 77.3 Å². The van der Waals surface area contributed by atoms with Gasteiger partial charge in [-0.3, -0.25) is 9.78 Å². The van der Waals surface area contributed by atoms with E-state index in [-0.39, 0.29) is 42.3 Å². The molecule has 0 aliphatic carbocycles. The van der Waals surface area contributed by atoms with E-state index in [1.54, 1.807) is 40.4 Å². The molecule has 262 valence electrons. The van der Waals surface area contributed by atoms with E-state index in [0.29, 0.717) is 30.4 Å². The third-order valence-corrected chi connectivity index (χ3v) is 11.4. The summed E-state index contributed by atoms with van der Waals surface area (Å²) in [5.74, 6) is -0.656. The van der Waals surface area contributed by atoms with Crippen LogP contribution in [0.25, 0.3) is 10.8 Å². The summed E-state index contributed by atoms with van der Waals surface area (Å²) in [6, 6.07) is 14.3. The molecule has 5 rings (SSSR count). The normalized spacial score (nSPS) is 15.8. The minimum absolute atomic E-state index is 0.0385. The summed E-state index contributed by atoms with van der Waals surface area (Å²) in [5, 5.41) is 19.0. The Morgan fingerprint density at radius 1 is 1.04 bits per heavy atom. The van der Waals surface area contributed by atoms with Gasteiger partial charge in [-0.05, 0) is 42.9 Å². The number of thiazole rings is 1. The van der Waals surface area contributed by atoms with Gasteiger partial charge >= 0.3 is 6.03 Å². The van der Waals surface area contributed by atoms with Crippen molar-refractivity contribution < 1.29 is 23.1 Å². The predicted molar refractivity (Wildman–Crippen MR) is 191 cm³/mol. The number of pyridine rings is 1. The highest BCUT2D eigenvalue weighted by Crippen LogP contribution is 2.27. The van der Waals surface area contributed by atoms with E-state index < -0.39 is 34.1 Å². The van der Waals surface area contributed by atoms with Crippen LogP contribution in [0.3, 0.4) is 0 Å². The fourth-order valence-electron chi connectivity index (χ4n) is 6.38. The van der Waals surface area contributed by atoms with Crippen LogP contribution in [0.1, 0.15) is 44.0 Å². The first kappa shape index (κ1) is 36.4. The molecular weight excluding hydrogens is 661 g/mol. The molecule has 0 spiro atoms. The van der Waals surface area contributed by atoms with Gasteiger partial charge in [0.2, 0.25) is 15.9 Å². The Bertz CT molecular complexity index is 1840. The minimum Gasteiger partial charge on any atom is -0.390 e. The maximum Gasteiger partial charge on any atom is 0.321 e. The van der Waals surface area contributed by atoms with Gasteiger partial charge in [0.05, 0.1) is 34.3 Å². The van der Waals surface area contributed by atoms with Crippen molar-refractivity contribution in [2.75, 3.05) is 26.2 Å². The van der Waals surface area contributed by atoms with Crippen LogP contribution >= 0.6 is 11.3 Å². The summed E-state index contributed by atoms with van der Waals surface area (Å²) in [6.45, 7) is 10.7. The molecule has 1 aliphatic rings. The molecule has 4 aromatic rings. The number of hydrogen-bond acceptors (Lipinski definition) is 8. The molecule has 2 aromatic heterocycles. The van der Waals surface area contributed by atoms with E-state index in [1.165, 1.54) is 15.6 Å². The van der Waals surface area contributed by atoms with E-state index in [9.17, 15) is 23.1 Å². The first-order chi connectivity index (χ1) is 23.3. The fraction of sp³-hybridized carbons (Fsp3) is 0.444. The van der Waals surface area contributed by atoms with Crippen LogP contribution < -0.4 is 5.32 Å². The van der Waals surface area contributed by atoms with Gasteiger partial charge in [0.15, 0.2) is 0 Å². The predicted octanol–water partition coefficient (Wildman–Crippen LogP) is 4.70. The number of aliphatic hydroxyl groups is 1. The van der Waals surface area contributed by atoms with E-state index in [0.717, 1.165) is 16.3 Å². The second-order valence-corrected chi connectivity index (χ2v) is 16.4. The zero-order valence-electron chi connectivity index (χ0n) is 28.7. The Morgan fingerprint density at radius 3 is 2.47 bits per heavy atom. The number of carbonyl (C=O) groups is 2. The lowest BCUT2D eigenvalue weighted by Gasteiger charge is -2.34. The smallest absolute Gasteiger partial charge is 0.321 e. The van der Waals surface area contributed by atoms with Gasteiger partial charge < -0.3 is 20.2 Å². The Labute approximate surface area is 293 Å². The van der Waals surface area contributed by atoms with Crippen molar-refractivity contribution in [1.82, 2.24) is 29.4 Å². The number of carbonyl (C=O) groups excluding carboxylic acids is 2. The zero-order chi connectivity index (χ0) is 35.3. The number of benzene rings is 2. The third kappa shape index (κ3) is 8.64. The van der Waals surface area contributed by atoms with E-state index in [2.05, 4.69) is 15.3 Å². The van der Waals surface area contributed by atoms with Gasteiger partial charge in [0, 0.05) is 54.7 Å². The molecule has 0 bridgehead atoms. The minimum atomic E-state index is -4.06. The van der Waals surface area contributed by atoms with Gasteiger partial charge in [-0.15, -0.1) is 11.3 Å². The highest BCUT2D eigenvalue weighted by atomic mass is 32.2. The van der Waals surface area contributed by atoms with E-state index >= 15 is 0 Å². The van der Waals surface area contributed by atoms with Gasteiger partial charge in [0.25, 0.3) is 0 Å². The molecule has 1 fully saturated rings. The second-order valence-electron chi connectivity index (χ2n) is 13.4. The molecular formula is C36H46N6O5S2. The summed E-state index contributed by atoms with van der Waals surface area (Å²) in [7, 11) is -4.06. The Kier molecular flexibility index (Phi) is 11.7. The Hall–Kier alpha value is -3.91. The molecule has 3 heterocycles. The number of sulfonamides is 1. The molecule has 0 unspecified atom stereocenters. The molecule has 3 atom stereocenters. The summed E-state index contributed by atoms with van der Waals surface area (Å²) in [4.78, 5) is 39.8. The fourth-order valence-corrected chi connectivity index (χ4v) is 8.82. The molecule has 1 saturated heterocycles. The summed E-state index contributed by atoms with van der Waals surface area (Å²) in [6.07, 6.45) is 2.18. The molecule has 3 amide bonds. The van der Waals surface area contributed by atoms with Crippen LogP contribution in [0.4, 0.5) is 4.79 Å². The van der Waals surface area contributed by atoms with Crippen LogP contribution in [-0.2, 0) is 27.8 Å². The maximum absolute atomic E-state index is 14.2. The molecule has 0 radical (unpaired) electrons. The quantitative estimate of drug-likeness (QED) is 0.183. The lowest BCUT2D eigenvalue weighted by molar-refractivity contribution is -0.128. The molecule has 0 saturated carbocycles. The number of nitrogens with one attached hydrogen (secondary N) is 1. The van der Waals surface area contributed by atoms with Crippen molar-refractivity contribution in [1.29, 1.82) is 0 Å². The van der Waals surface area contributed by atoms with Crippen molar-refractivity contribution in [2.24, 2.45) is 11.8 Å². The first-order valence-corrected chi connectivity index (χ1v) is 19.0. The number of nitrogens with zero attached hydrogens (tertiary/aromatic N) is 5. The van der Waals surface area contributed by atoms with E-state index in [1.807, 2.05) is 76.4 Å². The van der Waals surface area contributed by atoms with Gasteiger partial charge in [0.1, 0.15) is 6.04 Å². The highest BCUT2D eigenvalue weighted by molar-refractivity contribution is 7.89. The Morgan fingerprint density at radius 2 is 1.80 bits per heavy atom. The SMILES string of the molecule is Cc1nc(CN2CCN([C@H](C(=O)N[C@@H](Cc3ccccc3)[C@@H](O)CN(CC(C)C)S(=O)(=O)c3cccc4cnccc34)C(C)C)C2=O)cs1. The molecule has 2 aromatic carbocycles. The largest absolute Gasteiger partial charge is 0.390 e. The molecule has 11 nitrogen and oxygen atoms in total. The van der Waals surface area contributed by atoms with Crippen LogP contribution in [0.2, 0.25) is 0 Å². The Balaban J connectivity index is 1.40. The zero-order valence-corrected chi connectivity index (χ0v) is 30.3. The van der Waals surface area contributed by atoms with Crippen LogP contribution in [0, 0.1) is 18.8 Å². The standard InChI is InChI=1S/C36H46N6O5S2/c1-24(2)20-41(49(46,47)33-13-9-12-28-19-37-15-14-30(28)33)22-32(43)31(18-27-10-7-6-8-11-27)39-35(44)34(25(3)4)42-17-16-40(36(42)45)21-29-23-48-26(5)38-29/h6-15,19,23-25,31-32,34,43H,16-18,20-22H2,1-5H3,(H,39,44)/t31-,32-,34-/m0/s1. The van der Waals surface area contributed by atoms with Crippen LogP contribution in [0.5, 0.6) is 0 Å². The van der Waals surface area contributed by atoms with Crippen molar-refractivity contribution >= 4 is 44.1 Å². The van der Waals surface area contributed by atoms with Gasteiger partial charge in [-0.1, -0.05) is 70.2 Å². The summed E-state index contributed by atoms with van der Waals surface area (Å²) >= 11 is 1.53. The monoisotopic (exact) mass is 706 g/mol. The van der Waals surface area contributed by atoms with Crippen molar-refractivity contribution in [3.05, 3.63) is 88.6 Å². The lowest BCUT2D eigenvalue weighted by Crippen LogP contribution is -2.57. The number of aromatic nitrogens is 2. The summed E-state index contributed by atoms with van der Waals surface area (Å²) in [5.41, 5.74) is 1.69. The molecule has 2 N–H and O–H groups in total. The second kappa shape index (κ2) is 15.8. The van der Waals surface area contributed by atoms with Crippen molar-refractivity contribution in [2.45, 2.75) is 70.7 Å². The average Bonchev–Trinajstić information content (AvgIpc) is 3.64. The number of fused-ring (bicyclic) bond motifs is 1. The van der Waals surface area contributed by atoms with E-state index in [4.69, 9.17) is 0 Å². The lowest BCUT2D eigenvalue weighted by atomic mass is 9.97.